The fraction of sp³-hybridized carbons (Fsp3) is 0.300. The van der Waals surface area contributed by atoms with E-state index in [2.05, 4.69) is 75.4 Å². The van der Waals surface area contributed by atoms with Crippen LogP contribution < -0.4 is 0 Å². The van der Waals surface area contributed by atoms with Gasteiger partial charge in [-0.25, -0.2) is 0 Å². The Labute approximate surface area is 123 Å². The molecule has 0 spiro atoms. The summed E-state index contributed by atoms with van der Waals surface area (Å²) in [6.45, 7) is 6.66. The Bertz CT molecular complexity index is 559. The third kappa shape index (κ3) is 3.60. The first-order valence-corrected chi connectivity index (χ1v) is 7.54. The van der Waals surface area contributed by atoms with Crippen molar-refractivity contribution in [2.45, 2.75) is 40.0 Å². The molecule has 2 rings (SSSR count). The summed E-state index contributed by atoms with van der Waals surface area (Å²) in [5.41, 5.74) is 6.79. The maximum absolute atomic E-state index is 2.27. The van der Waals surface area contributed by atoms with E-state index >= 15 is 0 Å². The molecule has 2 aromatic rings. The highest BCUT2D eigenvalue weighted by atomic mass is 14.1. The van der Waals surface area contributed by atoms with E-state index in [0.29, 0.717) is 0 Å². The van der Waals surface area contributed by atoms with Gasteiger partial charge in [0.05, 0.1) is 0 Å². The molecule has 0 aliphatic carbocycles. The molecule has 0 fully saturated rings. The van der Waals surface area contributed by atoms with Crippen molar-refractivity contribution in [1.82, 2.24) is 0 Å². The third-order valence-corrected chi connectivity index (χ3v) is 3.98. The van der Waals surface area contributed by atoms with Crippen LogP contribution in [0.2, 0.25) is 0 Å². The van der Waals surface area contributed by atoms with E-state index in [-0.39, 0.29) is 0 Å². The first kappa shape index (κ1) is 14.6. The largest absolute Gasteiger partial charge is 0.0654 e. The second-order valence-electron chi connectivity index (χ2n) is 5.42. The summed E-state index contributed by atoms with van der Waals surface area (Å²) >= 11 is 0. The van der Waals surface area contributed by atoms with Gasteiger partial charge in [0.2, 0.25) is 0 Å². The Hall–Kier alpha value is -1.82. The number of aryl methyl sites for hydroxylation is 1. The quantitative estimate of drug-likeness (QED) is 0.583. The summed E-state index contributed by atoms with van der Waals surface area (Å²) in [7, 11) is 0. The predicted molar refractivity (Wildman–Crippen MR) is 89.7 cm³/mol. The lowest BCUT2D eigenvalue weighted by atomic mass is 9.96. The molecule has 2 aromatic carbocycles. The van der Waals surface area contributed by atoms with Crippen LogP contribution in [0, 0.1) is 0 Å². The number of rotatable bonds is 5. The zero-order chi connectivity index (χ0) is 14.4. The smallest absolute Gasteiger partial charge is 0.0224 e. The lowest BCUT2D eigenvalue weighted by Gasteiger charge is -2.09. The van der Waals surface area contributed by atoms with E-state index in [1.807, 2.05) is 0 Å². The molecule has 0 aliphatic heterocycles. The van der Waals surface area contributed by atoms with Gasteiger partial charge in [-0.1, -0.05) is 67.9 Å². The molecular weight excluding hydrogens is 240 g/mol. The molecular formula is C20H24. The average Bonchev–Trinajstić information content (AvgIpc) is 2.53. The summed E-state index contributed by atoms with van der Waals surface area (Å²) in [6.07, 6.45) is 3.72. The zero-order valence-electron chi connectivity index (χ0n) is 12.8. The fourth-order valence-corrected chi connectivity index (χ4v) is 2.42. The van der Waals surface area contributed by atoms with Gasteiger partial charge >= 0.3 is 0 Å². The zero-order valence-corrected chi connectivity index (χ0v) is 12.8. The van der Waals surface area contributed by atoms with E-state index in [4.69, 9.17) is 0 Å². The van der Waals surface area contributed by atoms with Crippen LogP contribution in [0.15, 0.2) is 54.6 Å². The predicted octanol–water partition coefficient (Wildman–Crippen LogP) is 5.98. The second kappa shape index (κ2) is 7.09. The lowest BCUT2D eigenvalue weighted by Crippen LogP contribution is -1.88. The fourth-order valence-electron chi connectivity index (χ4n) is 2.42. The molecule has 0 radical (unpaired) electrons. The molecule has 0 N–H and O–H groups in total. The van der Waals surface area contributed by atoms with Crippen LogP contribution in [0.3, 0.4) is 0 Å². The number of hydrogen-bond acceptors (Lipinski definition) is 0. The second-order valence-corrected chi connectivity index (χ2v) is 5.42. The minimum absolute atomic E-state index is 1.19. The molecule has 0 saturated heterocycles. The van der Waals surface area contributed by atoms with Crippen LogP contribution in [-0.4, -0.2) is 0 Å². The van der Waals surface area contributed by atoms with Crippen molar-refractivity contribution in [2.24, 2.45) is 0 Å². The minimum atomic E-state index is 1.19. The number of unbranched alkanes of at least 4 members (excludes halogenated alkanes) is 1. The van der Waals surface area contributed by atoms with Crippen molar-refractivity contribution in [3.8, 4) is 0 Å². The standard InChI is InChI=1S/C20H24/c1-4-5-9-18-12-14-20(15-13-18)17(3)16(2)19-10-7-6-8-11-19/h6-8,10-15H,4-5,9H2,1-3H3/b17-16+. The van der Waals surface area contributed by atoms with Crippen LogP contribution in [0.1, 0.15) is 50.3 Å². The molecule has 0 atom stereocenters. The van der Waals surface area contributed by atoms with Gasteiger partial charge in [-0.05, 0) is 54.5 Å². The Morgan fingerprint density at radius 1 is 0.750 bits per heavy atom. The number of benzene rings is 2. The first-order valence-electron chi connectivity index (χ1n) is 7.54. The van der Waals surface area contributed by atoms with E-state index in [0.717, 1.165) is 0 Å². The highest BCUT2D eigenvalue weighted by Crippen LogP contribution is 2.25. The molecule has 0 heterocycles. The molecule has 0 aliphatic rings. The van der Waals surface area contributed by atoms with Gasteiger partial charge in [0, 0.05) is 0 Å². The molecule has 0 amide bonds. The summed E-state index contributed by atoms with van der Waals surface area (Å²) in [6, 6.07) is 19.7. The van der Waals surface area contributed by atoms with Gasteiger partial charge in [0.1, 0.15) is 0 Å². The monoisotopic (exact) mass is 264 g/mol. The summed E-state index contributed by atoms with van der Waals surface area (Å²) < 4.78 is 0. The van der Waals surface area contributed by atoms with Gasteiger partial charge in [-0.2, -0.15) is 0 Å². The van der Waals surface area contributed by atoms with Crippen LogP contribution in [0.5, 0.6) is 0 Å². The Balaban J connectivity index is 2.22. The maximum atomic E-state index is 2.27. The minimum Gasteiger partial charge on any atom is -0.0654 e. The van der Waals surface area contributed by atoms with Gasteiger partial charge in [0.25, 0.3) is 0 Å². The lowest BCUT2D eigenvalue weighted by molar-refractivity contribution is 0.795. The van der Waals surface area contributed by atoms with E-state index in [1.54, 1.807) is 0 Å². The van der Waals surface area contributed by atoms with Crippen molar-refractivity contribution < 1.29 is 0 Å². The molecule has 0 nitrogen and oxygen atoms in total. The molecule has 0 aromatic heterocycles. The molecule has 20 heavy (non-hydrogen) atoms. The van der Waals surface area contributed by atoms with Gasteiger partial charge in [0.15, 0.2) is 0 Å². The van der Waals surface area contributed by atoms with Crippen LogP contribution in [-0.2, 0) is 6.42 Å². The first-order chi connectivity index (χ1) is 9.72. The molecule has 0 heteroatoms. The SMILES string of the molecule is CCCCc1ccc(/C(C)=C(\C)c2ccccc2)cc1. The van der Waals surface area contributed by atoms with Crippen LogP contribution in [0.25, 0.3) is 11.1 Å². The Morgan fingerprint density at radius 3 is 1.85 bits per heavy atom. The Kier molecular flexibility index (Phi) is 5.17. The average molecular weight is 264 g/mol. The molecule has 0 bridgehead atoms. The van der Waals surface area contributed by atoms with E-state index < -0.39 is 0 Å². The normalized spacial score (nSPS) is 12.2. The Morgan fingerprint density at radius 2 is 1.30 bits per heavy atom. The molecule has 0 saturated carbocycles. The summed E-state index contributed by atoms with van der Waals surface area (Å²) in [5.74, 6) is 0. The third-order valence-electron chi connectivity index (χ3n) is 3.98. The highest BCUT2D eigenvalue weighted by molar-refractivity contribution is 5.88. The van der Waals surface area contributed by atoms with Crippen LogP contribution in [0.4, 0.5) is 0 Å². The topological polar surface area (TPSA) is 0 Å². The number of hydrogen-bond donors (Lipinski definition) is 0. The van der Waals surface area contributed by atoms with Crippen molar-refractivity contribution in [1.29, 1.82) is 0 Å². The maximum Gasteiger partial charge on any atom is -0.0224 e. The summed E-state index contributed by atoms with van der Waals surface area (Å²) in [4.78, 5) is 0. The van der Waals surface area contributed by atoms with Crippen LogP contribution >= 0.6 is 0 Å². The summed E-state index contributed by atoms with van der Waals surface area (Å²) in [5, 5.41) is 0. The number of allylic oxidation sites excluding steroid dienone is 2. The van der Waals surface area contributed by atoms with Crippen molar-refractivity contribution in [3.63, 3.8) is 0 Å². The van der Waals surface area contributed by atoms with Crippen molar-refractivity contribution in [3.05, 3.63) is 71.3 Å². The molecule has 104 valence electrons. The van der Waals surface area contributed by atoms with Gasteiger partial charge in [-0.15, -0.1) is 0 Å². The van der Waals surface area contributed by atoms with Gasteiger partial charge < -0.3 is 0 Å². The van der Waals surface area contributed by atoms with E-state index in [1.165, 1.54) is 47.1 Å². The van der Waals surface area contributed by atoms with Gasteiger partial charge in [-0.3, -0.25) is 0 Å². The van der Waals surface area contributed by atoms with Crippen molar-refractivity contribution in [2.75, 3.05) is 0 Å². The van der Waals surface area contributed by atoms with Crippen molar-refractivity contribution >= 4 is 11.1 Å². The molecule has 0 unspecified atom stereocenters. The van der Waals surface area contributed by atoms with E-state index in [9.17, 15) is 0 Å². The highest BCUT2D eigenvalue weighted by Gasteiger charge is 2.03.